The Morgan fingerprint density at radius 2 is 2.31 bits per heavy atom. The van der Waals surface area contributed by atoms with Gasteiger partial charge in [0.05, 0.1) is 7.11 Å². The van der Waals surface area contributed by atoms with Crippen LogP contribution < -0.4 is 10.1 Å². The first-order chi connectivity index (χ1) is 6.29. The van der Waals surface area contributed by atoms with E-state index in [0.717, 1.165) is 5.75 Å². The van der Waals surface area contributed by atoms with Crippen molar-refractivity contribution in [2.45, 2.75) is 25.8 Å². The summed E-state index contributed by atoms with van der Waals surface area (Å²) in [6.07, 6.45) is 2.40. The number of hydrogen-bond donors (Lipinski definition) is 1. The van der Waals surface area contributed by atoms with E-state index in [1.165, 1.54) is 24.1 Å². The molecule has 2 rings (SSSR count). The predicted molar refractivity (Wildman–Crippen MR) is 54.4 cm³/mol. The first-order valence-electron chi connectivity index (χ1n) is 4.73. The molecule has 13 heavy (non-hydrogen) atoms. The summed E-state index contributed by atoms with van der Waals surface area (Å²) in [5.74, 6) is 0.931. The monoisotopic (exact) mass is 177 g/mol. The summed E-state index contributed by atoms with van der Waals surface area (Å²) in [4.78, 5) is 0. The molecule has 0 radical (unpaired) electrons. The fourth-order valence-electron chi connectivity index (χ4n) is 1.74. The molecule has 0 bridgehead atoms. The molecule has 2 heteroatoms. The maximum absolute atomic E-state index is 5.18. The molecule has 70 valence electrons. The molecule has 2 nitrogen and oxygen atoms in total. The molecule has 0 spiro atoms. The molecule has 0 unspecified atom stereocenters. The Kier molecular flexibility index (Phi) is 2.13. The number of rotatable bonds is 1. The van der Waals surface area contributed by atoms with Gasteiger partial charge in [0.25, 0.3) is 0 Å². The molecule has 1 aromatic rings. The summed E-state index contributed by atoms with van der Waals surface area (Å²) in [6, 6.07) is 6.83. The zero-order valence-electron chi connectivity index (χ0n) is 8.13. The third-order valence-corrected chi connectivity index (χ3v) is 2.57. The molecule has 0 aromatic heterocycles. The minimum atomic E-state index is 0.583. The second-order valence-corrected chi connectivity index (χ2v) is 3.61. The second-order valence-electron chi connectivity index (χ2n) is 3.61. The topological polar surface area (TPSA) is 21.3 Å². The first kappa shape index (κ1) is 8.42. The van der Waals surface area contributed by atoms with Crippen molar-refractivity contribution in [1.82, 2.24) is 0 Å². The largest absolute Gasteiger partial charge is 0.497 e. The van der Waals surface area contributed by atoms with Gasteiger partial charge in [0, 0.05) is 17.8 Å². The number of ether oxygens (including phenoxy) is 1. The smallest absolute Gasteiger partial charge is 0.120 e. The van der Waals surface area contributed by atoms with Gasteiger partial charge in [-0.1, -0.05) is 6.07 Å². The van der Waals surface area contributed by atoms with Crippen molar-refractivity contribution in [3.8, 4) is 5.75 Å². The SMILES string of the molecule is COc1ccc2c(c1)N[C@H](C)CC2. The highest BCUT2D eigenvalue weighted by atomic mass is 16.5. The van der Waals surface area contributed by atoms with E-state index < -0.39 is 0 Å². The number of hydrogen-bond acceptors (Lipinski definition) is 2. The molecule has 1 N–H and O–H groups in total. The van der Waals surface area contributed by atoms with Crippen LogP contribution in [0.2, 0.25) is 0 Å². The Morgan fingerprint density at radius 3 is 3.08 bits per heavy atom. The van der Waals surface area contributed by atoms with Gasteiger partial charge >= 0.3 is 0 Å². The van der Waals surface area contributed by atoms with Crippen molar-refractivity contribution in [3.63, 3.8) is 0 Å². The standard InChI is InChI=1S/C11H15NO/c1-8-3-4-9-5-6-10(13-2)7-11(9)12-8/h5-8,12H,3-4H2,1-2H3/t8-/m1/s1. The number of nitrogens with one attached hydrogen (secondary N) is 1. The van der Waals surface area contributed by atoms with Gasteiger partial charge in [-0.3, -0.25) is 0 Å². The van der Waals surface area contributed by atoms with E-state index in [1.54, 1.807) is 7.11 Å². The van der Waals surface area contributed by atoms with Gasteiger partial charge in [-0.2, -0.15) is 0 Å². The van der Waals surface area contributed by atoms with E-state index in [2.05, 4.69) is 24.4 Å². The summed E-state index contributed by atoms with van der Waals surface area (Å²) in [5.41, 5.74) is 2.64. The van der Waals surface area contributed by atoms with E-state index in [0.29, 0.717) is 6.04 Å². The summed E-state index contributed by atoms with van der Waals surface area (Å²) in [6.45, 7) is 2.21. The van der Waals surface area contributed by atoms with Gasteiger partial charge in [0.2, 0.25) is 0 Å². The molecule has 1 heterocycles. The van der Waals surface area contributed by atoms with Crippen LogP contribution in [0.3, 0.4) is 0 Å². The Morgan fingerprint density at radius 1 is 1.46 bits per heavy atom. The molecule has 0 aliphatic carbocycles. The summed E-state index contributed by atoms with van der Waals surface area (Å²) >= 11 is 0. The van der Waals surface area contributed by atoms with Crippen molar-refractivity contribution in [2.75, 3.05) is 12.4 Å². The van der Waals surface area contributed by atoms with Crippen LogP contribution in [0.1, 0.15) is 18.9 Å². The number of benzene rings is 1. The van der Waals surface area contributed by atoms with Gasteiger partial charge in [-0.15, -0.1) is 0 Å². The van der Waals surface area contributed by atoms with Gasteiger partial charge in [-0.25, -0.2) is 0 Å². The zero-order valence-corrected chi connectivity index (χ0v) is 8.13. The predicted octanol–water partition coefficient (Wildman–Crippen LogP) is 2.44. The highest BCUT2D eigenvalue weighted by Crippen LogP contribution is 2.28. The Labute approximate surface area is 78.9 Å². The molecule has 0 fully saturated rings. The van der Waals surface area contributed by atoms with E-state index in [-0.39, 0.29) is 0 Å². The van der Waals surface area contributed by atoms with Crippen LogP contribution in [-0.2, 0) is 6.42 Å². The van der Waals surface area contributed by atoms with E-state index in [9.17, 15) is 0 Å². The lowest BCUT2D eigenvalue weighted by Gasteiger charge is -2.24. The third kappa shape index (κ3) is 1.62. The number of methoxy groups -OCH3 is 1. The van der Waals surface area contributed by atoms with E-state index >= 15 is 0 Å². The average Bonchev–Trinajstić information content (AvgIpc) is 2.16. The molecular weight excluding hydrogens is 162 g/mol. The molecule has 1 aliphatic heterocycles. The van der Waals surface area contributed by atoms with Crippen LogP contribution in [0.4, 0.5) is 5.69 Å². The van der Waals surface area contributed by atoms with Gasteiger partial charge in [0.1, 0.15) is 5.75 Å². The summed E-state index contributed by atoms with van der Waals surface area (Å²) in [5, 5.41) is 3.45. The maximum Gasteiger partial charge on any atom is 0.120 e. The fraction of sp³-hybridized carbons (Fsp3) is 0.455. The molecule has 1 aliphatic rings. The highest BCUT2D eigenvalue weighted by Gasteiger charge is 2.13. The second kappa shape index (κ2) is 3.29. The normalized spacial score (nSPS) is 20.3. The van der Waals surface area contributed by atoms with Crippen molar-refractivity contribution < 1.29 is 4.74 Å². The first-order valence-corrected chi connectivity index (χ1v) is 4.73. The lowest BCUT2D eigenvalue weighted by Crippen LogP contribution is -2.21. The van der Waals surface area contributed by atoms with Crippen LogP contribution in [0.5, 0.6) is 5.75 Å². The van der Waals surface area contributed by atoms with E-state index in [4.69, 9.17) is 4.74 Å². The lowest BCUT2D eigenvalue weighted by atomic mass is 9.99. The molecule has 1 aromatic carbocycles. The fourth-order valence-corrected chi connectivity index (χ4v) is 1.74. The van der Waals surface area contributed by atoms with Gasteiger partial charge in [-0.05, 0) is 31.4 Å². The molecule has 1 atom stereocenters. The van der Waals surface area contributed by atoms with Crippen molar-refractivity contribution >= 4 is 5.69 Å². The van der Waals surface area contributed by atoms with Crippen LogP contribution >= 0.6 is 0 Å². The summed E-state index contributed by atoms with van der Waals surface area (Å²) < 4.78 is 5.18. The molecule has 0 saturated carbocycles. The minimum Gasteiger partial charge on any atom is -0.497 e. The minimum absolute atomic E-state index is 0.583. The zero-order chi connectivity index (χ0) is 9.26. The van der Waals surface area contributed by atoms with Crippen LogP contribution in [0, 0.1) is 0 Å². The average molecular weight is 177 g/mol. The number of anilines is 1. The van der Waals surface area contributed by atoms with Crippen molar-refractivity contribution in [3.05, 3.63) is 23.8 Å². The number of fused-ring (bicyclic) bond motifs is 1. The Bertz CT molecular complexity index is 309. The van der Waals surface area contributed by atoms with Crippen molar-refractivity contribution in [2.24, 2.45) is 0 Å². The maximum atomic E-state index is 5.18. The van der Waals surface area contributed by atoms with Crippen molar-refractivity contribution in [1.29, 1.82) is 0 Å². The van der Waals surface area contributed by atoms with E-state index in [1.807, 2.05) is 6.07 Å². The Balaban J connectivity index is 2.32. The van der Waals surface area contributed by atoms with Crippen LogP contribution in [-0.4, -0.2) is 13.2 Å². The van der Waals surface area contributed by atoms with Gasteiger partial charge < -0.3 is 10.1 Å². The highest BCUT2D eigenvalue weighted by molar-refractivity contribution is 5.57. The molecule has 0 amide bonds. The lowest BCUT2D eigenvalue weighted by molar-refractivity contribution is 0.414. The third-order valence-electron chi connectivity index (χ3n) is 2.57. The van der Waals surface area contributed by atoms with Gasteiger partial charge in [0.15, 0.2) is 0 Å². The quantitative estimate of drug-likeness (QED) is 0.711. The van der Waals surface area contributed by atoms with Crippen LogP contribution in [0.25, 0.3) is 0 Å². The molecule has 0 saturated heterocycles. The van der Waals surface area contributed by atoms with Crippen LogP contribution in [0.15, 0.2) is 18.2 Å². The summed E-state index contributed by atoms with van der Waals surface area (Å²) in [7, 11) is 1.70. The molecular formula is C11H15NO. The Hall–Kier alpha value is -1.18. The number of aryl methyl sites for hydroxylation is 1.